The molecule has 1 aliphatic heterocycles. The lowest BCUT2D eigenvalue weighted by molar-refractivity contribution is -0.384. The summed E-state index contributed by atoms with van der Waals surface area (Å²) in [5.74, 6) is 1.50. The maximum Gasteiger partial charge on any atom is 0.273 e. The summed E-state index contributed by atoms with van der Waals surface area (Å²) in [4.78, 5) is 25.2. The van der Waals surface area contributed by atoms with Crippen molar-refractivity contribution in [3.8, 4) is 17.2 Å². The number of likely N-dealkylation sites (tertiary alicyclic amines) is 1. The van der Waals surface area contributed by atoms with Crippen molar-refractivity contribution in [1.29, 1.82) is 0 Å². The summed E-state index contributed by atoms with van der Waals surface area (Å²) < 4.78 is 16.0. The van der Waals surface area contributed by atoms with Crippen LogP contribution in [0.3, 0.4) is 0 Å². The van der Waals surface area contributed by atoms with Crippen LogP contribution in [0.25, 0.3) is 0 Å². The molecule has 3 rings (SSSR count). The van der Waals surface area contributed by atoms with Gasteiger partial charge in [-0.3, -0.25) is 19.8 Å². The van der Waals surface area contributed by atoms with Crippen molar-refractivity contribution >= 4 is 17.3 Å². The molecule has 1 atom stereocenters. The first-order chi connectivity index (χ1) is 14.5. The highest BCUT2D eigenvalue weighted by Crippen LogP contribution is 2.39. The Balaban J connectivity index is 1.75. The predicted molar refractivity (Wildman–Crippen MR) is 111 cm³/mol. The fraction of sp³-hybridized carbons (Fsp3) is 0.381. The molecule has 9 nitrogen and oxygen atoms in total. The third kappa shape index (κ3) is 4.62. The molecule has 0 spiro atoms. The SMILES string of the molecule is COc1ccc(OC)c([C@H]2CCCN2CC(=O)Nc2ccc([N+](=O)[O-])cc2OC)c1. The highest BCUT2D eigenvalue weighted by Gasteiger charge is 2.30. The molecule has 0 aromatic heterocycles. The second kappa shape index (κ2) is 9.45. The van der Waals surface area contributed by atoms with Crippen LogP contribution in [0.2, 0.25) is 0 Å². The van der Waals surface area contributed by atoms with E-state index >= 15 is 0 Å². The summed E-state index contributed by atoms with van der Waals surface area (Å²) in [6, 6.07) is 9.77. The van der Waals surface area contributed by atoms with E-state index in [1.165, 1.54) is 25.3 Å². The van der Waals surface area contributed by atoms with Crippen LogP contribution in [0.1, 0.15) is 24.4 Å². The molecule has 1 saturated heterocycles. The molecule has 160 valence electrons. The Kier molecular flexibility index (Phi) is 6.73. The van der Waals surface area contributed by atoms with Crippen molar-refractivity contribution in [3.05, 3.63) is 52.1 Å². The number of hydrogen-bond donors (Lipinski definition) is 1. The first-order valence-corrected chi connectivity index (χ1v) is 9.55. The number of benzene rings is 2. The van der Waals surface area contributed by atoms with Crippen molar-refractivity contribution in [2.45, 2.75) is 18.9 Å². The maximum atomic E-state index is 12.7. The van der Waals surface area contributed by atoms with Crippen LogP contribution >= 0.6 is 0 Å². The van der Waals surface area contributed by atoms with Crippen LogP contribution in [-0.4, -0.2) is 50.1 Å². The minimum Gasteiger partial charge on any atom is -0.497 e. The number of anilines is 1. The first-order valence-electron chi connectivity index (χ1n) is 9.55. The van der Waals surface area contributed by atoms with E-state index in [-0.39, 0.29) is 29.9 Å². The number of hydrogen-bond acceptors (Lipinski definition) is 7. The van der Waals surface area contributed by atoms with Gasteiger partial charge < -0.3 is 19.5 Å². The van der Waals surface area contributed by atoms with E-state index in [2.05, 4.69) is 10.2 Å². The van der Waals surface area contributed by atoms with E-state index in [0.29, 0.717) is 5.69 Å². The van der Waals surface area contributed by atoms with Crippen molar-refractivity contribution < 1.29 is 23.9 Å². The van der Waals surface area contributed by atoms with Crippen molar-refractivity contribution in [2.75, 3.05) is 39.7 Å². The minimum atomic E-state index is -0.509. The standard InChI is InChI=1S/C21H25N3O6/c1-28-15-7-9-19(29-2)16(12-15)18-5-4-10-23(18)13-21(25)22-17-8-6-14(24(26)27)11-20(17)30-3/h6-9,11-12,18H,4-5,10,13H2,1-3H3,(H,22,25)/t18-/m1/s1. The monoisotopic (exact) mass is 415 g/mol. The number of ether oxygens (including phenoxy) is 3. The molecule has 1 aliphatic rings. The van der Waals surface area contributed by atoms with Gasteiger partial charge in [-0.15, -0.1) is 0 Å². The van der Waals surface area contributed by atoms with Gasteiger partial charge in [0.1, 0.15) is 17.2 Å². The summed E-state index contributed by atoms with van der Waals surface area (Å²) in [6.45, 7) is 0.945. The molecule has 30 heavy (non-hydrogen) atoms. The Morgan fingerprint density at radius 3 is 2.57 bits per heavy atom. The van der Waals surface area contributed by atoms with Gasteiger partial charge in [-0.25, -0.2) is 0 Å². The molecule has 1 N–H and O–H groups in total. The Morgan fingerprint density at radius 2 is 1.90 bits per heavy atom. The van der Waals surface area contributed by atoms with Gasteiger partial charge >= 0.3 is 0 Å². The second-order valence-corrected chi connectivity index (χ2v) is 6.93. The molecular formula is C21H25N3O6. The lowest BCUT2D eigenvalue weighted by Crippen LogP contribution is -2.33. The van der Waals surface area contributed by atoms with Gasteiger partial charge in [0.15, 0.2) is 0 Å². The van der Waals surface area contributed by atoms with Gasteiger partial charge in [0.05, 0.1) is 44.6 Å². The van der Waals surface area contributed by atoms with Crippen molar-refractivity contribution in [3.63, 3.8) is 0 Å². The highest BCUT2D eigenvalue weighted by atomic mass is 16.6. The molecule has 1 amide bonds. The number of methoxy groups -OCH3 is 3. The summed E-state index contributed by atoms with van der Waals surface area (Å²) >= 11 is 0. The van der Waals surface area contributed by atoms with E-state index in [0.717, 1.165) is 36.4 Å². The molecule has 0 radical (unpaired) electrons. The Morgan fingerprint density at radius 1 is 1.13 bits per heavy atom. The molecule has 2 aromatic rings. The first kappa shape index (κ1) is 21.4. The molecule has 0 saturated carbocycles. The van der Waals surface area contributed by atoms with Gasteiger partial charge in [-0.1, -0.05) is 0 Å². The zero-order valence-electron chi connectivity index (χ0n) is 17.2. The van der Waals surface area contributed by atoms with E-state index in [9.17, 15) is 14.9 Å². The minimum absolute atomic E-state index is 0.0274. The van der Waals surface area contributed by atoms with Crippen LogP contribution in [0.5, 0.6) is 17.2 Å². The van der Waals surface area contributed by atoms with Gasteiger partial charge in [0, 0.05) is 17.7 Å². The number of nitro benzene ring substituents is 1. The summed E-state index contributed by atoms with van der Waals surface area (Å²) in [6.07, 6.45) is 1.86. The molecule has 9 heteroatoms. The van der Waals surface area contributed by atoms with Crippen LogP contribution in [0, 0.1) is 10.1 Å². The average Bonchev–Trinajstić information content (AvgIpc) is 3.20. The fourth-order valence-electron chi connectivity index (χ4n) is 3.74. The lowest BCUT2D eigenvalue weighted by atomic mass is 10.0. The zero-order chi connectivity index (χ0) is 21.7. The van der Waals surface area contributed by atoms with E-state index in [1.807, 2.05) is 18.2 Å². The summed E-state index contributed by atoms with van der Waals surface area (Å²) in [7, 11) is 4.64. The maximum absolute atomic E-state index is 12.7. The predicted octanol–water partition coefficient (Wildman–Crippen LogP) is 3.40. The van der Waals surface area contributed by atoms with Gasteiger partial charge in [0.2, 0.25) is 5.91 Å². The number of nitrogens with zero attached hydrogens (tertiary/aromatic N) is 2. The molecule has 2 aromatic carbocycles. The topological polar surface area (TPSA) is 103 Å². The number of nitro groups is 1. The van der Waals surface area contributed by atoms with Crippen LogP contribution in [0.4, 0.5) is 11.4 Å². The number of non-ortho nitro benzene ring substituents is 1. The normalized spacial score (nSPS) is 16.2. The molecule has 1 heterocycles. The molecule has 1 fully saturated rings. The third-order valence-corrected chi connectivity index (χ3v) is 5.18. The van der Waals surface area contributed by atoms with E-state index in [1.54, 1.807) is 14.2 Å². The van der Waals surface area contributed by atoms with E-state index < -0.39 is 4.92 Å². The number of rotatable bonds is 8. The van der Waals surface area contributed by atoms with Crippen LogP contribution in [0.15, 0.2) is 36.4 Å². The van der Waals surface area contributed by atoms with Crippen LogP contribution < -0.4 is 19.5 Å². The summed E-state index contributed by atoms with van der Waals surface area (Å²) in [5, 5.41) is 13.7. The molecule has 0 bridgehead atoms. The number of amides is 1. The van der Waals surface area contributed by atoms with Crippen LogP contribution in [-0.2, 0) is 4.79 Å². The fourth-order valence-corrected chi connectivity index (χ4v) is 3.74. The highest BCUT2D eigenvalue weighted by molar-refractivity contribution is 5.94. The molecular weight excluding hydrogens is 390 g/mol. The third-order valence-electron chi connectivity index (χ3n) is 5.18. The van der Waals surface area contributed by atoms with Gasteiger partial charge in [-0.05, 0) is 43.7 Å². The Hall–Kier alpha value is -3.33. The number of nitrogens with one attached hydrogen (secondary N) is 1. The van der Waals surface area contributed by atoms with Gasteiger partial charge in [-0.2, -0.15) is 0 Å². The lowest BCUT2D eigenvalue weighted by Gasteiger charge is -2.26. The zero-order valence-corrected chi connectivity index (χ0v) is 17.2. The van der Waals surface area contributed by atoms with Crippen molar-refractivity contribution in [1.82, 2.24) is 4.90 Å². The molecule has 0 unspecified atom stereocenters. The number of carbonyl (C=O) groups excluding carboxylic acids is 1. The Labute approximate surface area is 174 Å². The second-order valence-electron chi connectivity index (χ2n) is 6.93. The van der Waals surface area contributed by atoms with E-state index in [4.69, 9.17) is 14.2 Å². The largest absolute Gasteiger partial charge is 0.497 e. The quantitative estimate of drug-likeness (QED) is 0.521. The van der Waals surface area contributed by atoms with Crippen molar-refractivity contribution in [2.24, 2.45) is 0 Å². The average molecular weight is 415 g/mol. The molecule has 0 aliphatic carbocycles. The smallest absolute Gasteiger partial charge is 0.273 e. The van der Waals surface area contributed by atoms with Gasteiger partial charge in [0.25, 0.3) is 5.69 Å². The summed E-state index contributed by atoms with van der Waals surface area (Å²) in [5.41, 5.74) is 1.27. The number of carbonyl (C=O) groups is 1. The Bertz CT molecular complexity index is 933.